The Bertz CT molecular complexity index is 3050. The predicted molar refractivity (Wildman–Crippen MR) is 312 cm³/mol. The number of aryl methyl sites for hydroxylation is 8. The van der Waals surface area contributed by atoms with Gasteiger partial charge in [-0.1, -0.05) is 170 Å². The molecule has 8 aromatic carbocycles. The predicted octanol–water partition coefficient (Wildman–Crippen LogP) is 15.7. The van der Waals surface area contributed by atoms with Crippen molar-refractivity contribution in [3.05, 3.63) is 281 Å². The summed E-state index contributed by atoms with van der Waals surface area (Å²) < 4.78 is 22.8. The largest absolute Gasteiger partial charge is 0.376 e. The van der Waals surface area contributed by atoms with Gasteiger partial charge in [-0.3, -0.25) is 0 Å². The number of ether oxygens (including phenoxy) is 4. The summed E-state index contributed by atoms with van der Waals surface area (Å²) in [4.78, 5) is 0. The minimum atomic E-state index is -0.544. The summed E-state index contributed by atoms with van der Waals surface area (Å²) in [5.74, 6) is 0. The Balaban J connectivity index is 0.831. The molecular formula is C73H76O4. The number of benzene rings is 8. The van der Waals surface area contributed by atoms with Crippen molar-refractivity contribution in [2.75, 3.05) is 28.4 Å². The fraction of sp³-hybridized carbons (Fsp3) is 0.342. The zero-order valence-electron chi connectivity index (χ0n) is 45.9. The molecule has 392 valence electrons. The molecule has 0 amide bonds. The third-order valence-electron chi connectivity index (χ3n) is 18.3. The van der Waals surface area contributed by atoms with Crippen molar-refractivity contribution in [1.29, 1.82) is 0 Å². The van der Waals surface area contributed by atoms with Gasteiger partial charge in [-0.2, -0.15) is 0 Å². The Kier molecular flexibility index (Phi) is 15.3. The molecule has 0 heterocycles. The topological polar surface area (TPSA) is 36.9 Å². The van der Waals surface area contributed by atoms with Gasteiger partial charge in [-0.25, -0.2) is 0 Å². The highest BCUT2D eigenvalue weighted by Crippen LogP contribution is 2.46. The lowest BCUT2D eigenvalue weighted by Gasteiger charge is -2.37. The van der Waals surface area contributed by atoms with Gasteiger partial charge in [0.25, 0.3) is 0 Å². The monoisotopic (exact) mass is 1020 g/mol. The van der Waals surface area contributed by atoms with Crippen LogP contribution in [-0.4, -0.2) is 28.4 Å². The van der Waals surface area contributed by atoms with Crippen LogP contribution in [0.15, 0.2) is 170 Å². The van der Waals surface area contributed by atoms with E-state index < -0.39 is 5.41 Å². The van der Waals surface area contributed by atoms with E-state index in [0.29, 0.717) is 0 Å². The second-order valence-electron chi connectivity index (χ2n) is 22.8. The van der Waals surface area contributed by atoms with Crippen LogP contribution in [0.5, 0.6) is 0 Å². The van der Waals surface area contributed by atoms with E-state index in [1.165, 1.54) is 111 Å². The van der Waals surface area contributed by atoms with Gasteiger partial charge in [0.2, 0.25) is 0 Å². The second-order valence-corrected chi connectivity index (χ2v) is 22.8. The number of fused-ring (bicyclic) bond motifs is 4. The summed E-state index contributed by atoms with van der Waals surface area (Å²) in [5.41, 5.74) is 27.1. The quantitative estimate of drug-likeness (QED) is 0.0565. The van der Waals surface area contributed by atoms with Crippen molar-refractivity contribution in [2.24, 2.45) is 0 Å². The molecule has 0 radical (unpaired) electrons. The van der Waals surface area contributed by atoms with Gasteiger partial charge >= 0.3 is 0 Å². The Morgan fingerprint density at radius 3 is 0.818 bits per heavy atom. The summed E-state index contributed by atoms with van der Waals surface area (Å²) in [6.45, 7) is 0. The maximum absolute atomic E-state index is 5.72. The number of hydrogen-bond donors (Lipinski definition) is 0. The summed E-state index contributed by atoms with van der Waals surface area (Å²) in [7, 11) is 7.31. The zero-order chi connectivity index (χ0) is 52.3. The molecule has 0 spiro atoms. The van der Waals surface area contributed by atoms with Gasteiger partial charge in [0, 0.05) is 54.1 Å². The van der Waals surface area contributed by atoms with Crippen LogP contribution in [0.3, 0.4) is 0 Å². The first-order valence-electron chi connectivity index (χ1n) is 28.8. The van der Waals surface area contributed by atoms with E-state index in [9.17, 15) is 0 Å². The molecule has 8 aromatic rings. The lowest BCUT2D eigenvalue weighted by molar-refractivity contribution is 0.0843. The van der Waals surface area contributed by atoms with Gasteiger partial charge in [0.15, 0.2) is 0 Å². The van der Waals surface area contributed by atoms with E-state index >= 15 is 0 Å². The van der Waals surface area contributed by atoms with E-state index in [1.54, 1.807) is 0 Å². The van der Waals surface area contributed by atoms with E-state index in [1.807, 2.05) is 28.4 Å². The molecule has 77 heavy (non-hydrogen) atoms. The van der Waals surface area contributed by atoms with Crippen LogP contribution >= 0.6 is 0 Å². The van der Waals surface area contributed by atoms with Crippen molar-refractivity contribution in [3.63, 3.8) is 0 Å². The minimum absolute atomic E-state index is 0.253. The summed E-state index contributed by atoms with van der Waals surface area (Å²) >= 11 is 0. The zero-order valence-corrected chi connectivity index (χ0v) is 45.9. The first-order valence-corrected chi connectivity index (χ1v) is 28.8. The van der Waals surface area contributed by atoms with Gasteiger partial charge in [-0.05, 0) is 188 Å². The fourth-order valence-electron chi connectivity index (χ4n) is 13.4. The van der Waals surface area contributed by atoms with E-state index in [-0.39, 0.29) is 24.4 Å². The number of hydrogen-bond acceptors (Lipinski definition) is 4. The lowest BCUT2D eigenvalue weighted by Crippen LogP contribution is -2.31. The van der Waals surface area contributed by atoms with Crippen molar-refractivity contribution in [3.8, 4) is 0 Å². The summed E-state index contributed by atoms with van der Waals surface area (Å²) in [6, 6.07) is 66.8. The highest BCUT2D eigenvalue weighted by Gasteiger charge is 2.39. The number of methoxy groups -OCH3 is 4. The van der Waals surface area contributed by atoms with Crippen LogP contribution in [0.2, 0.25) is 0 Å². The van der Waals surface area contributed by atoms with Crippen LogP contribution < -0.4 is 0 Å². The van der Waals surface area contributed by atoms with Gasteiger partial charge in [0.1, 0.15) is 0 Å². The summed E-state index contributed by atoms with van der Waals surface area (Å²) in [6.07, 6.45) is 18.0. The van der Waals surface area contributed by atoms with Gasteiger partial charge in [0.05, 0.1) is 29.8 Å². The van der Waals surface area contributed by atoms with Crippen LogP contribution in [0.25, 0.3) is 0 Å². The fourth-order valence-corrected chi connectivity index (χ4v) is 13.4. The van der Waals surface area contributed by atoms with Crippen LogP contribution in [0, 0.1) is 0 Å². The molecule has 4 nitrogen and oxygen atoms in total. The van der Waals surface area contributed by atoms with Crippen molar-refractivity contribution >= 4 is 0 Å². The first-order chi connectivity index (χ1) is 37.9. The smallest absolute Gasteiger partial charge is 0.0864 e. The highest BCUT2D eigenvalue weighted by atomic mass is 16.5. The van der Waals surface area contributed by atoms with Crippen molar-refractivity contribution in [1.82, 2.24) is 0 Å². The lowest BCUT2D eigenvalue weighted by atomic mass is 9.64. The molecule has 4 unspecified atom stereocenters. The molecule has 0 N–H and O–H groups in total. The Hall–Kier alpha value is -6.40. The molecule has 0 fully saturated rings. The van der Waals surface area contributed by atoms with E-state index in [2.05, 4.69) is 170 Å². The summed E-state index contributed by atoms with van der Waals surface area (Å²) in [5, 5.41) is 0. The maximum atomic E-state index is 5.72. The average molecular weight is 1020 g/mol. The van der Waals surface area contributed by atoms with Gasteiger partial charge < -0.3 is 18.9 Å². The van der Waals surface area contributed by atoms with Crippen molar-refractivity contribution in [2.45, 2.75) is 133 Å². The standard InChI is InChI=1S/C73H76O4/c1-74-69-48-60-41-53(28-40-65(60)69)13-5-9-49-20-32-61(33-21-49)73(62-34-22-50(23-35-62)10-6-14-54-17-29-57-45-70(75-2)66(57)42-54,63-36-24-51(25-37-63)11-7-15-55-18-30-58-46-71(76-3)67(58)43-55)64-38-26-52(27-39-64)12-8-16-56-19-31-59-47-72(77-4)68(59)44-56/h17-44,69-72H,5-16,45-48H2,1-4H3. The van der Waals surface area contributed by atoms with Crippen LogP contribution in [0.4, 0.5) is 0 Å². The molecule has 0 aromatic heterocycles. The van der Waals surface area contributed by atoms with E-state index in [0.717, 1.165) is 103 Å². The molecule has 0 aliphatic heterocycles. The Morgan fingerprint density at radius 2 is 0.519 bits per heavy atom. The Labute approximate surface area is 458 Å². The molecule has 4 aliphatic carbocycles. The normalized spacial score (nSPS) is 18.3. The number of rotatable bonds is 24. The first kappa shape index (κ1) is 51.4. The minimum Gasteiger partial charge on any atom is -0.376 e. The Morgan fingerprint density at radius 1 is 0.273 bits per heavy atom. The molecule has 0 bridgehead atoms. The molecule has 12 rings (SSSR count). The third kappa shape index (κ3) is 10.6. The highest BCUT2D eigenvalue weighted by molar-refractivity contribution is 5.61. The maximum Gasteiger partial charge on any atom is 0.0864 e. The van der Waals surface area contributed by atoms with Crippen LogP contribution in [0.1, 0.15) is 161 Å². The second kappa shape index (κ2) is 22.9. The van der Waals surface area contributed by atoms with Crippen LogP contribution in [-0.2, 0) is 101 Å². The van der Waals surface area contributed by atoms with Crippen molar-refractivity contribution < 1.29 is 18.9 Å². The SMILES string of the molecule is COC1Cc2cc(CCCc3ccc(C(c4ccc(CCCc5ccc6c(c5)C(OC)C6)cc4)(c4ccc(CCCc5ccc6c(c5)C(OC)C6)cc4)c4ccc(CCCc5ccc6c(c5)C(OC)C6)cc4)cc3)ccc21. The van der Waals surface area contributed by atoms with Gasteiger partial charge in [-0.15, -0.1) is 0 Å². The molecule has 0 saturated heterocycles. The van der Waals surface area contributed by atoms with E-state index in [4.69, 9.17) is 18.9 Å². The molecular weight excluding hydrogens is 941 g/mol. The average Bonchev–Trinajstić information content (AvgIpc) is 3.49. The third-order valence-corrected chi connectivity index (χ3v) is 18.3. The molecule has 4 aliphatic rings. The molecule has 4 atom stereocenters. The molecule has 0 saturated carbocycles. The molecule has 4 heteroatoms.